The molecule has 0 saturated heterocycles. The molecule has 0 atom stereocenters. The minimum atomic E-state index is -5.35. The Labute approximate surface area is 133 Å². The quantitative estimate of drug-likeness (QED) is 0.729. The van der Waals surface area contributed by atoms with Crippen LogP contribution in [0.25, 0.3) is 0 Å². The molecule has 126 valence electrons. The summed E-state index contributed by atoms with van der Waals surface area (Å²) in [6.45, 7) is 0. The van der Waals surface area contributed by atoms with Crippen molar-refractivity contribution >= 4 is 30.1 Å². The van der Waals surface area contributed by atoms with Gasteiger partial charge in [0.1, 0.15) is 0 Å². The lowest BCUT2D eigenvalue weighted by Gasteiger charge is -2.26. The monoisotopic (exact) mass is 380 g/mol. The Kier molecular flexibility index (Phi) is 4.28. The molecule has 0 amide bonds. The molecule has 0 aliphatic heterocycles. The second kappa shape index (κ2) is 5.53. The van der Waals surface area contributed by atoms with Crippen LogP contribution in [0.5, 0.6) is 0 Å². The van der Waals surface area contributed by atoms with E-state index in [9.17, 15) is 34.4 Å². The number of hydrogen-bond acceptors (Lipinski definition) is 6. The van der Waals surface area contributed by atoms with Crippen molar-refractivity contribution in [1.29, 1.82) is 0 Å². The second-order valence-corrected chi connectivity index (χ2v) is 10.3. The van der Waals surface area contributed by atoms with Crippen LogP contribution >= 0.6 is 0 Å². The Balaban J connectivity index is 2.75. The van der Waals surface area contributed by atoms with Gasteiger partial charge in [0.25, 0.3) is 20.2 Å². The summed E-state index contributed by atoms with van der Waals surface area (Å²) in [7, 11) is -14.9. The van der Waals surface area contributed by atoms with Crippen LogP contribution < -0.4 is 0 Å². The third-order valence-corrected chi connectivity index (χ3v) is 8.63. The maximum Gasteiger partial charge on any atom is 0.291 e. The predicted octanol–water partition coefficient (Wildman–Crippen LogP) is 0.776. The first kappa shape index (κ1) is 17.8. The van der Waals surface area contributed by atoms with Crippen molar-refractivity contribution in [3.05, 3.63) is 53.5 Å². The van der Waals surface area contributed by atoms with E-state index in [4.69, 9.17) is 0 Å². The predicted molar refractivity (Wildman–Crippen MR) is 81.3 cm³/mol. The van der Waals surface area contributed by atoms with E-state index >= 15 is 0 Å². The molecule has 0 spiro atoms. The van der Waals surface area contributed by atoms with Crippen molar-refractivity contribution in [2.45, 2.75) is 15.4 Å². The summed E-state index contributed by atoms with van der Waals surface area (Å²) in [5.41, 5.74) is 0. The van der Waals surface area contributed by atoms with Crippen LogP contribution in [-0.4, -0.2) is 38.4 Å². The molecule has 1 aromatic rings. The molecular formula is C12H12O8S3. The van der Waals surface area contributed by atoms with Gasteiger partial charge in [0.15, 0.2) is 0 Å². The molecule has 11 heteroatoms. The van der Waals surface area contributed by atoms with Gasteiger partial charge >= 0.3 is 0 Å². The molecule has 0 aromatic heterocycles. The lowest BCUT2D eigenvalue weighted by Crippen LogP contribution is -2.45. The highest BCUT2D eigenvalue weighted by atomic mass is 32.3. The van der Waals surface area contributed by atoms with Crippen molar-refractivity contribution in [3.63, 3.8) is 0 Å². The second-order valence-electron chi connectivity index (χ2n) is 4.73. The van der Waals surface area contributed by atoms with Crippen LogP contribution in [0.4, 0.5) is 0 Å². The van der Waals surface area contributed by atoms with Gasteiger partial charge in [-0.15, -0.1) is 0 Å². The third kappa shape index (κ3) is 2.97. The van der Waals surface area contributed by atoms with E-state index in [1.54, 1.807) is 6.07 Å². The van der Waals surface area contributed by atoms with Gasteiger partial charge in [0.05, 0.1) is 9.80 Å². The molecule has 0 fully saturated rings. The van der Waals surface area contributed by atoms with E-state index in [0.717, 1.165) is 12.2 Å². The smallest absolute Gasteiger partial charge is 0.284 e. The zero-order valence-electron chi connectivity index (χ0n) is 11.4. The molecular weight excluding hydrogens is 368 g/mol. The van der Waals surface area contributed by atoms with Crippen LogP contribution in [0, 0.1) is 0 Å². The molecule has 8 nitrogen and oxygen atoms in total. The van der Waals surface area contributed by atoms with Crippen molar-refractivity contribution in [3.8, 4) is 0 Å². The maximum absolute atomic E-state index is 12.5. The molecule has 1 aromatic carbocycles. The van der Waals surface area contributed by atoms with Crippen LogP contribution in [0.3, 0.4) is 0 Å². The van der Waals surface area contributed by atoms with E-state index < -0.39 is 45.5 Å². The highest BCUT2D eigenvalue weighted by molar-refractivity contribution is 8.05. The zero-order valence-corrected chi connectivity index (χ0v) is 13.8. The number of benzene rings is 1. The van der Waals surface area contributed by atoms with Crippen LogP contribution in [-0.2, 0) is 30.1 Å². The van der Waals surface area contributed by atoms with Crippen LogP contribution in [0.2, 0.25) is 0 Å². The Morgan fingerprint density at radius 1 is 0.870 bits per heavy atom. The van der Waals surface area contributed by atoms with E-state index in [-0.39, 0.29) is 4.90 Å². The highest BCUT2D eigenvalue weighted by Crippen LogP contribution is 2.36. The Morgan fingerprint density at radius 2 is 1.39 bits per heavy atom. The normalized spacial score (nSPS) is 18.4. The zero-order chi connectivity index (χ0) is 17.5. The number of rotatable bonds is 4. The molecule has 2 rings (SSSR count). The van der Waals surface area contributed by atoms with E-state index in [1.165, 1.54) is 24.3 Å². The molecule has 0 saturated carbocycles. The van der Waals surface area contributed by atoms with Gasteiger partial charge in [-0.2, -0.15) is 16.8 Å². The first-order valence-electron chi connectivity index (χ1n) is 6.05. The molecule has 1 aliphatic rings. The molecule has 1 aliphatic carbocycles. The summed E-state index contributed by atoms with van der Waals surface area (Å²) in [4.78, 5) is -0.859. The summed E-state index contributed by atoms with van der Waals surface area (Å²) >= 11 is 0. The Morgan fingerprint density at radius 3 is 1.87 bits per heavy atom. The van der Waals surface area contributed by atoms with Gasteiger partial charge in [-0.1, -0.05) is 24.3 Å². The number of allylic oxidation sites excluding steroid dienone is 2. The fourth-order valence-corrected chi connectivity index (χ4v) is 5.86. The van der Waals surface area contributed by atoms with Crippen LogP contribution in [0.15, 0.2) is 58.4 Å². The summed E-state index contributed by atoms with van der Waals surface area (Å²) in [5, 5.41) is 0. The van der Waals surface area contributed by atoms with Gasteiger partial charge in [0, 0.05) is 6.42 Å². The summed E-state index contributed by atoms with van der Waals surface area (Å²) in [5.74, 6) is 0. The van der Waals surface area contributed by atoms with E-state index in [0.29, 0.717) is 6.08 Å². The molecule has 0 unspecified atom stereocenters. The lowest BCUT2D eigenvalue weighted by molar-refractivity contribution is 0.437. The van der Waals surface area contributed by atoms with Gasteiger partial charge < -0.3 is 0 Å². The van der Waals surface area contributed by atoms with Gasteiger partial charge in [0.2, 0.25) is 13.9 Å². The van der Waals surface area contributed by atoms with Crippen LogP contribution in [0.1, 0.15) is 6.42 Å². The molecule has 0 heterocycles. The SMILES string of the molecule is O=S(=O)(C1=CC(S(=O)(=O)O)(S(=O)(=O)O)CC=C1)c1ccccc1. The standard InChI is InChI=1S/C12H12O8S3/c13-21(14,10-5-2-1-3-6-10)11-7-4-8-12(9-11,22(15,16)17)23(18,19)20/h1-7,9H,8H2,(H,15,16,17)(H,18,19,20). The number of hydrogen-bond donors (Lipinski definition) is 2. The first-order valence-corrected chi connectivity index (χ1v) is 10.4. The Hall–Kier alpha value is -1.53. The van der Waals surface area contributed by atoms with Gasteiger partial charge in [-0.05, 0) is 24.3 Å². The first-order chi connectivity index (χ1) is 10.4. The summed E-state index contributed by atoms with van der Waals surface area (Å²) in [6.07, 6.45) is 1.47. The summed E-state index contributed by atoms with van der Waals surface area (Å²) in [6, 6.07) is 6.89. The average molecular weight is 380 g/mol. The largest absolute Gasteiger partial charge is 0.291 e. The highest BCUT2D eigenvalue weighted by Gasteiger charge is 2.54. The van der Waals surface area contributed by atoms with Crippen molar-refractivity contribution in [2.75, 3.05) is 0 Å². The minimum absolute atomic E-state index is 0.197. The van der Waals surface area contributed by atoms with Crippen molar-refractivity contribution in [1.82, 2.24) is 0 Å². The molecule has 2 N–H and O–H groups in total. The lowest BCUT2D eigenvalue weighted by atomic mass is 10.2. The molecule has 0 bridgehead atoms. The molecule has 23 heavy (non-hydrogen) atoms. The average Bonchev–Trinajstić information content (AvgIpc) is 2.46. The fourth-order valence-electron chi connectivity index (χ4n) is 2.06. The third-order valence-electron chi connectivity index (χ3n) is 3.28. The van der Waals surface area contributed by atoms with Gasteiger partial charge in [-0.25, -0.2) is 8.42 Å². The number of sulfone groups is 1. The minimum Gasteiger partial charge on any atom is -0.284 e. The molecule has 0 radical (unpaired) electrons. The van der Waals surface area contributed by atoms with Crippen molar-refractivity contribution in [2.24, 2.45) is 0 Å². The Bertz CT molecular complexity index is 952. The maximum atomic E-state index is 12.5. The topological polar surface area (TPSA) is 143 Å². The van der Waals surface area contributed by atoms with Crippen molar-refractivity contribution < 1.29 is 34.4 Å². The van der Waals surface area contributed by atoms with Gasteiger partial charge in [-0.3, -0.25) is 9.11 Å². The van der Waals surface area contributed by atoms with E-state index in [2.05, 4.69) is 0 Å². The van der Waals surface area contributed by atoms with E-state index in [1.807, 2.05) is 0 Å². The summed E-state index contributed by atoms with van der Waals surface area (Å²) < 4.78 is 86.3. The fraction of sp³-hybridized carbons (Fsp3) is 0.167.